The minimum absolute atomic E-state index is 0.112. The van der Waals surface area contributed by atoms with Crippen LogP contribution in [0.1, 0.15) is 21.5 Å². The quantitative estimate of drug-likeness (QED) is 0.687. The van der Waals surface area contributed by atoms with Gasteiger partial charge < -0.3 is 10.5 Å². The lowest BCUT2D eigenvalue weighted by Gasteiger charge is -2.10. The Bertz CT molecular complexity index is 653. The van der Waals surface area contributed by atoms with Gasteiger partial charge in [-0.2, -0.15) is 0 Å². The number of ether oxygens (including phenoxy) is 1. The van der Waals surface area contributed by atoms with E-state index in [-0.39, 0.29) is 18.0 Å². The fraction of sp³-hybridized carbons (Fsp3) is 0.188. The number of methoxy groups -OCH3 is 1. The SMILES string of the molecule is COc1cccc(C(=O)Cc2cc(F)ccc2C)c1N. The third kappa shape index (κ3) is 2.79. The molecule has 0 unspecified atom stereocenters. The molecule has 0 aliphatic carbocycles. The van der Waals surface area contributed by atoms with Gasteiger partial charge in [-0.05, 0) is 42.3 Å². The molecule has 0 aromatic heterocycles. The van der Waals surface area contributed by atoms with Gasteiger partial charge >= 0.3 is 0 Å². The number of para-hydroxylation sites is 1. The number of hydrogen-bond donors (Lipinski definition) is 1. The summed E-state index contributed by atoms with van der Waals surface area (Å²) in [5, 5.41) is 0. The largest absolute Gasteiger partial charge is 0.495 e. The normalized spacial score (nSPS) is 10.3. The molecule has 2 rings (SSSR count). The van der Waals surface area contributed by atoms with Crippen LogP contribution < -0.4 is 10.5 Å². The summed E-state index contributed by atoms with van der Waals surface area (Å²) in [6.07, 6.45) is 0.112. The molecule has 2 aromatic carbocycles. The predicted octanol–water partition coefficient (Wildman–Crippen LogP) is 3.15. The van der Waals surface area contributed by atoms with E-state index in [1.165, 1.54) is 19.2 Å². The first-order chi connectivity index (χ1) is 9.52. The molecule has 0 atom stereocenters. The molecule has 0 fully saturated rings. The van der Waals surface area contributed by atoms with Gasteiger partial charge in [-0.25, -0.2) is 4.39 Å². The van der Waals surface area contributed by atoms with Crippen molar-refractivity contribution < 1.29 is 13.9 Å². The molecule has 2 N–H and O–H groups in total. The van der Waals surface area contributed by atoms with Gasteiger partial charge in [0.2, 0.25) is 0 Å². The number of Topliss-reactive ketones (excluding diaryl/α,β-unsaturated/α-hetero) is 1. The van der Waals surface area contributed by atoms with Crippen molar-refractivity contribution in [3.05, 3.63) is 58.9 Å². The Labute approximate surface area is 117 Å². The van der Waals surface area contributed by atoms with Gasteiger partial charge in [-0.15, -0.1) is 0 Å². The summed E-state index contributed by atoms with van der Waals surface area (Å²) in [5.74, 6) is -0.0427. The first-order valence-corrected chi connectivity index (χ1v) is 6.23. The van der Waals surface area contributed by atoms with Crippen LogP contribution in [0, 0.1) is 12.7 Å². The number of benzene rings is 2. The summed E-state index contributed by atoms with van der Waals surface area (Å²) in [4.78, 5) is 12.3. The zero-order valence-corrected chi connectivity index (χ0v) is 11.4. The maximum absolute atomic E-state index is 13.2. The smallest absolute Gasteiger partial charge is 0.169 e. The van der Waals surface area contributed by atoms with Crippen molar-refractivity contribution in [1.82, 2.24) is 0 Å². The molecular formula is C16H16FNO2. The number of nitrogen functional groups attached to an aromatic ring is 1. The van der Waals surface area contributed by atoms with Gasteiger partial charge in [0.1, 0.15) is 11.6 Å². The van der Waals surface area contributed by atoms with Crippen molar-refractivity contribution in [2.24, 2.45) is 0 Å². The summed E-state index contributed by atoms with van der Waals surface area (Å²) < 4.78 is 18.3. The topological polar surface area (TPSA) is 52.3 Å². The number of carbonyl (C=O) groups excluding carboxylic acids is 1. The van der Waals surface area contributed by atoms with Gasteiger partial charge in [0, 0.05) is 12.0 Å². The predicted molar refractivity (Wildman–Crippen MR) is 76.6 cm³/mol. The van der Waals surface area contributed by atoms with E-state index in [0.29, 0.717) is 22.6 Å². The summed E-state index contributed by atoms with van der Waals surface area (Å²) in [6, 6.07) is 9.47. The van der Waals surface area contributed by atoms with Gasteiger partial charge in [0.15, 0.2) is 5.78 Å². The number of rotatable bonds is 4. The van der Waals surface area contributed by atoms with E-state index in [9.17, 15) is 9.18 Å². The van der Waals surface area contributed by atoms with Gasteiger partial charge in [0.05, 0.1) is 12.8 Å². The number of ketones is 1. The van der Waals surface area contributed by atoms with Crippen LogP contribution in [0.2, 0.25) is 0 Å². The van der Waals surface area contributed by atoms with E-state index in [1.54, 1.807) is 24.3 Å². The lowest BCUT2D eigenvalue weighted by atomic mass is 9.98. The third-order valence-corrected chi connectivity index (χ3v) is 3.25. The number of halogens is 1. The van der Waals surface area contributed by atoms with Gasteiger partial charge in [0.25, 0.3) is 0 Å². The highest BCUT2D eigenvalue weighted by molar-refractivity contribution is 6.03. The Morgan fingerprint density at radius 3 is 2.75 bits per heavy atom. The second-order valence-corrected chi connectivity index (χ2v) is 4.59. The number of anilines is 1. The van der Waals surface area contributed by atoms with Crippen LogP contribution in [0.3, 0.4) is 0 Å². The van der Waals surface area contributed by atoms with Crippen LogP contribution in [-0.2, 0) is 6.42 Å². The zero-order chi connectivity index (χ0) is 14.7. The first-order valence-electron chi connectivity index (χ1n) is 6.23. The number of nitrogens with two attached hydrogens (primary N) is 1. The van der Waals surface area contributed by atoms with E-state index in [2.05, 4.69) is 0 Å². The fourth-order valence-corrected chi connectivity index (χ4v) is 2.06. The highest BCUT2D eigenvalue weighted by Crippen LogP contribution is 2.26. The monoisotopic (exact) mass is 273 g/mol. The van der Waals surface area contributed by atoms with Crippen molar-refractivity contribution >= 4 is 11.5 Å². The molecule has 4 heteroatoms. The van der Waals surface area contributed by atoms with Gasteiger partial charge in [-0.1, -0.05) is 12.1 Å². The molecule has 0 aliphatic heterocycles. The van der Waals surface area contributed by atoms with Crippen LogP contribution in [0.5, 0.6) is 5.75 Å². The molecule has 0 amide bonds. The van der Waals surface area contributed by atoms with E-state index in [0.717, 1.165) is 5.56 Å². The van der Waals surface area contributed by atoms with E-state index >= 15 is 0 Å². The van der Waals surface area contributed by atoms with Crippen LogP contribution in [-0.4, -0.2) is 12.9 Å². The molecule has 104 valence electrons. The number of hydrogen-bond acceptors (Lipinski definition) is 3. The molecule has 20 heavy (non-hydrogen) atoms. The average Bonchev–Trinajstić information content (AvgIpc) is 2.43. The number of carbonyl (C=O) groups is 1. The molecule has 0 bridgehead atoms. The van der Waals surface area contributed by atoms with Crippen molar-refractivity contribution in [2.45, 2.75) is 13.3 Å². The first kappa shape index (κ1) is 14.1. The second-order valence-electron chi connectivity index (χ2n) is 4.59. The Kier molecular flexibility index (Phi) is 4.03. The summed E-state index contributed by atoms with van der Waals surface area (Å²) in [7, 11) is 1.50. The van der Waals surface area contributed by atoms with Crippen molar-refractivity contribution in [3.8, 4) is 5.75 Å². The molecule has 0 spiro atoms. The minimum atomic E-state index is -0.350. The lowest BCUT2D eigenvalue weighted by molar-refractivity contribution is 0.0993. The zero-order valence-electron chi connectivity index (χ0n) is 11.4. The second kappa shape index (κ2) is 5.74. The molecule has 0 aliphatic rings. The highest BCUT2D eigenvalue weighted by Gasteiger charge is 2.14. The van der Waals surface area contributed by atoms with E-state index < -0.39 is 0 Å². The average molecular weight is 273 g/mol. The Morgan fingerprint density at radius 2 is 2.05 bits per heavy atom. The maximum Gasteiger partial charge on any atom is 0.169 e. The van der Waals surface area contributed by atoms with Crippen LogP contribution in [0.25, 0.3) is 0 Å². The minimum Gasteiger partial charge on any atom is -0.495 e. The van der Waals surface area contributed by atoms with Crippen molar-refractivity contribution in [1.29, 1.82) is 0 Å². The summed E-state index contributed by atoms with van der Waals surface area (Å²) in [6.45, 7) is 1.84. The Hall–Kier alpha value is -2.36. The highest BCUT2D eigenvalue weighted by atomic mass is 19.1. The third-order valence-electron chi connectivity index (χ3n) is 3.25. The van der Waals surface area contributed by atoms with Crippen LogP contribution in [0.4, 0.5) is 10.1 Å². The summed E-state index contributed by atoms with van der Waals surface area (Å²) >= 11 is 0. The fourth-order valence-electron chi connectivity index (χ4n) is 2.06. The molecule has 0 saturated carbocycles. The molecule has 0 radical (unpaired) electrons. The van der Waals surface area contributed by atoms with Crippen LogP contribution >= 0.6 is 0 Å². The van der Waals surface area contributed by atoms with E-state index in [1.807, 2.05) is 6.92 Å². The molecule has 0 saturated heterocycles. The number of aryl methyl sites for hydroxylation is 1. The van der Waals surface area contributed by atoms with Crippen LogP contribution in [0.15, 0.2) is 36.4 Å². The Morgan fingerprint density at radius 1 is 1.30 bits per heavy atom. The maximum atomic E-state index is 13.2. The molecule has 2 aromatic rings. The van der Waals surface area contributed by atoms with Gasteiger partial charge in [-0.3, -0.25) is 4.79 Å². The molecule has 3 nitrogen and oxygen atoms in total. The standard InChI is InChI=1S/C16H16FNO2/c1-10-6-7-12(17)8-11(10)9-14(19)13-4-3-5-15(20-2)16(13)18/h3-8H,9,18H2,1-2H3. The van der Waals surface area contributed by atoms with Crippen molar-refractivity contribution in [2.75, 3.05) is 12.8 Å². The van der Waals surface area contributed by atoms with Crippen molar-refractivity contribution in [3.63, 3.8) is 0 Å². The molecule has 0 heterocycles. The molecular weight excluding hydrogens is 257 g/mol. The Balaban J connectivity index is 2.31. The van der Waals surface area contributed by atoms with E-state index in [4.69, 9.17) is 10.5 Å². The lowest BCUT2D eigenvalue weighted by Crippen LogP contribution is -2.09. The summed E-state index contributed by atoms with van der Waals surface area (Å²) in [5.41, 5.74) is 8.15.